The van der Waals surface area contributed by atoms with Gasteiger partial charge in [-0.1, -0.05) is 18.5 Å². The topological polar surface area (TPSA) is 63.4 Å². The number of nitrogens with zero attached hydrogens (tertiary/aromatic N) is 1. The van der Waals surface area contributed by atoms with Crippen molar-refractivity contribution in [3.63, 3.8) is 0 Å². The van der Waals surface area contributed by atoms with Crippen LogP contribution in [0.5, 0.6) is 0 Å². The largest absolute Gasteiger partial charge is 0.329 e. The first-order valence-corrected chi connectivity index (χ1v) is 9.45. The Bertz CT molecular complexity index is 542. The zero-order valence-corrected chi connectivity index (χ0v) is 14.4. The van der Waals surface area contributed by atoms with Crippen LogP contribution < -0.4 is 5.73 Å². The van der Waals surface area contributed by atoms with Crippen LogP contribution in [0.2, 0.25) is 5.02 Å². The molecule has 1 fully saturated rings. The first-order valence-electron chi connectivity index (χ1n) is 6.03. The van der Waals surface area contributed by atoms with E-state index >= 15 is 0 Å². The van der Waals surface area contributed by atoms with Crippen molar-refractivity contribution in [3.05, 3.63) is 14.9 Å². The SMILES string of the molecule is CC1CCN(S(=O)(=O)c2cc(Cl)c(Br)s2)C(CN)C1. The first kappa shape index (κ1) is 15.7. The van der Waals surface area contributed by atoms with Crippen molar-refractivity contribution >= 4 is 48.9 Å². The van der Waals surface area contributed by atoms with Gasteiger partial charge in [0.05, 0.1) is 8.81 Å². The highest BCUT2D eigenvalue weighted by atomic mass is 79.9. The van der Waals surface area contributed by atoms with Crippen molar-refractivity contribution in [3.8, 4) is 0 Å². The molecule has 2 heterocycles. The predicted octanol–water partition coefficient (Wildman–Crippen LogP) is 2.91. The number of rotatable bonds is 3. The summed E-state index contributed by atoms with van der Waals surface area (Å²) in [5.41, 5.74) is 5.73. The molecule has 0 bridgehead atoms. The van der Waals surface area contributed by atoms with Crippen molar-refractivity contribution in [1.29, 1.82) is 0 Å². The van der Waals surface area contributed by atoms with E-state index in [1.54, 1.807) is 0 Å². The van der Waals surface area contributed by atoms with Gasteiger partial charge in [-0.2, -0.15) is 4.31 Å². The van der Waals surface area contributed by atoms with E-state index in [1.165, 1.54) is 10.4 Å². The van der Waals surface area contributed by atoms with Gasteiger partial charge in [0.1, 0.15) is 4.21 Å². The number of hydrogen-bond acceptors (Lipinski definition) is 4. The second kappa shape index (κ2) is 5.99. The molecule has 2 atom stereocenters. The fraction of sp³-hybridized carbons (Fsp3) is 0.636. The fourth-order valence-electron chi connectivity index (χ4n) is 2.33. The van der Waals surface area contributed by atoms with Gasteiger partial charge in [0, 0.05) is 19.1 Å². The van der Waals surface area contributed by atoms with Gasteiger partial charge in [-0.05, 0) is 40.8 Å². The van der Waals surface area contributed by atoms with E-state index < -0.39 is 10.0 Å². The molecular formula is C11H16BrClN2O2S2. The zero-order valence-electron chi connectivity index (χ0n) is 10.5. The van der Waals surface area contributed by atoms with Crippen molar-refractivity contribution < 1.29 is 8.42 Å². The molecule has 1 aliphatic heterocycles. The molecule has 1 aromatic rings. The van der Waals surface area contributed by atoms with Gasteiger partial charge in [0.2, 0.25) is 0 Å². The van der Waals surface area contributed by atoms with Gasteiger partial charge in [-0.15, -0.1) is 11.3 Å². The summed E-state index contributed by atoms with van der Waals surface area (Å²) in [6.07, 6.45) is 1.69. The van der Waals surface area contributed by atoms with Crippen molar-refractivity contribution in [2.45, 2.75) is 30.0 Å². The molecule has 1 saturated heterocycles. The Balaban J connectivity index is 2.33. The molecule has 2 rings (SSSR count). The number of piperidine rings is 1. The van der Waals surface area contributed by atoms with Crippen molar-refractivity contribution in [2.24, 2.45) is 11.7 Å². The van der Waals surface area contributed by atoms with E-state index in [1.807, 2.05) is 0 Å². The van der Waals surface area contributed by atoms with Gasteiger partial charge in [-0.25, -0.2) is 8.42 Å². The minimum atomic E-state index is -3.49. The molecule has 19 heavy (non-hydrogen) atoms. The van der Waals surface area contributed by atoms with Crippen LogP contribution >= 0.6 is 38.9 Å². The molecular weight excluding hydrogens is 372 g/mol. The Morgan fingerprint density at radius 1 is 1.63 bits per heavy atom. The predicted molar refractivity (Wildman–Crippen MR) is 82.2 cm³/mol. The lowest BCUT2D eigenvalue weighted by molar-refractivity contribution is 0.211. The van der Waals surface area contributed by atoms with E-state index in [0.717, 1.165) is 24.2 Å². The average Bonchev–Trinajstić information content (AvgIpc) is 2.70. The van der Waals surface area contributed by atoms with Gasteiger partial charge < -0.3 is 5.73 Å². The number of nitrogens with two attached hydrogens (primary N) is 1. The summed E-state index contributed by atoms with van der Waals surface area (Å²) in [6.45, 7) is 3.01. The van der Waals surface area contributed by atoms with Crippen LogP contribution in [0.3, 0.4) is 0 Å². The maximum Gasteiger partial charge on any atom is 0.252 e. The molecule has 1 aliphatic rings. The fourth-order valence-corrected chi connectivity index (χ4v) is 6.52. The molecule has 4 nitrogen and oxygen atoms in total. The van der Waals surface area contributed by atoms with Crippen molar-refractivity contribution in [2.75, 3.05) is 13.1 Å². The zero-order chi connectivity index (χ0) is 14.2. The Morgan fingerprint density at radius 2 is 2.32 bits per heavy atom. The molecule has 0 aliphatic carbocycles. The average molecular weight is 388 g/mol. The highest BCUT2D eigenvalue weighted by molar-refractivity contribution is 9.11. The van der Waals surface area contributed by atoms with Gasteiger partial charge >= 0.3 is 0 Å². The number of thiophene rings is 1. The molecule has 1 aromatic heterocycles. The van der Waals surface area contributed by atoms with Gasteiger partial charge in [0.15, 0.2) is 0 Å². The molecule has 0 amide bonds. The van der Waals surface area contributed by atoms with E-state index in [4.69, 9.17) is 17.3 Å². The first-order chi connectivity index (χ1) is 8.86. The molecule has 0 spiro atoms. The van der Waals surface area contributed by atoms with Crippen LogP contribution in [0, 0.1) is 5.92 Å². The van der Waals surface area contributed by atoms with E-state index in [2.05, 4.69) is 22.9 Å². The van der Waals surface area contributed by atoms with Crippen LogP contribution in [0.25, 0.3) is 0 Å². The highest BCUT2D eigenvalue weighted by Crippen LogP contribution is 2.37. The van der Waals surface area contributed by atoms with Crippen LogP contribution in [0.15, 0.2) is 14.1 Å². The summed E-state index contributed by atoms with van der Waals surface area (Å²) in [5.74, 6) is 0.513. The van der Waals surface area contributed by atoms with Gasteiger partial charge in [-0.3, -0.25) is 0 Å². The smallest absolute Gasteiger partial charge is 0.252 e. The quantitative estimate of drug-likeness (QED) is 0.867. The molecule has 2 N–H and O–H groups in total. The molecule has 8 heteroatoms. The Labute approximate surface area is 131 Å². The minimum absolute atomic E-state index is 0.117. The minimum Gasteiger partial charge on any atom is -0.329 e. The van der Waals surface area contributed by atoms with Crippen LogP contribution in [0.1, 0.15) is 19.8 Å². The third kappa shape index (κ3) is 3.16. The Kier molecular flexibility index (Phi) is 4.96. The van der Waals surface area contributed by atoms with Crippen molar-refractivity contribution in [1.82, 2.24) is 4.31 Å². The van der Waals surface area contributed by atoms with Crippen LogP contribution in [0.4, 0.5) is 0 Å². The third-order valence-electron chi connectivity index (χ3n) is 3.38. The summed E-state index contributed by atoms with van der Waals surface area (Å²) in [4.78, 5) is 0. The second-order valence-electron chi connectivity index (χ2n) is 4.82. The number of hydrogen-bond donors (Lipinski definition) is 1. The molecule has 0 aromatic carbocycles. The van der Waals surface area contributed by atoms with Crippen LogP contribution in [-0.4, -0.2) is 31.9 Å². The Hall–Kier alpha value is 0.340. The third-order valence-corrected chi connectivity index (χ3v) is 8.26. The lowest BCUT2D eigenvalue weighted by Crippen LogP contribution is -2.48. The van der Waals surface area contributed by atoms with E-state index in [-0.39, 0.29) is 10.3 Å². The van der Waals surface area contributed by atoms with E-state index in [0.29, 0.717) is 27.8 Å². The summed E-state index contributed by atoms with van der Waals surface area (Å²) in [6, 6.07) is 1.38. The van der Waals surface area contributed by atoms with E-state index in [9.17, 15) is 8.42 Å². The lowest BCUT2D eigenvalue weighted by Gasteiger charge is -2.36. The summed E-state index contributed by atoms with van der Waals surface area (Å²) < 4.78 is 27.7. The molecule has 2 unspecified atom stereocenters. The molecule has 0 radical (unpaired) electrons. The normalized spacial score (nSPS) is 25.7. The monoisotopic (exact) mass is 386 g/mol. The summed E-state index contributed by atoms with van der Waals surface area (Å²) >= 11 is 10.3. The molecule has 0 saturated carbocycles. The van der Waals surface area contributed by atoms with Gasteiger partial charge in [0.25, 0.3) is 10.0 Å². The van der Waals surface area contributed by atoms with Crippen LogP contribution in [-0.2, 0) is 10.0 Å². The number of halogens is 2. The maximum atomic E-state index is 12.6. The Morgan fingerprint density at radius 3 is 2.84 bits per heavy atom. The maximum absolute atomic E-state index is 12.6. The number of sulfonamides is 1. The highest BCUT2D eigenvalue weighted by Gasteiger charge is 2.36. The standard InChI is InChI=1S/C11H16BrClN2O2S2/c1-7-2-3-15(8(4-7)6-14)19(16,17)10-5-9(13)11(12)18-10/h5,7-8H,2-4,6,14H2,1H3. The summed E-state index contributed by atoms with van der Waals surface area (Å²) in [7, 11) is -3.49. The second-order valence-corrected chi connectivity index (χ2v) is 9.72. The molecule has 108 valence electrons. The summed E-state index contributed by atoms with van der Waals surface area (Å²) in [5, 5.41) is 0.429. The lowest BCUT2D eigenvalue weighted by atomic mass is 9.94.